The highest BCUT2D eigenvalue weighted by Crippen LogP contribution is 2.39. The lowest BCUT2D eigenvalue weighted by molar-refractivity contribution is 0.0378. The van der Waals surface area contributed by atoms with Crippen LogP contribution >= 0.6 is 22.9 Å². The van der Waals surface area contributed by atoms with Crippen molar-refractivity contribution in [3.8, 4) is 5.75 Å². The van der Waals surface area contributed by atoms with Crippen LogP contribution in [0.1, 0.15) is 63.4 Å². The van der Waals surface area contributed by atoms with Gasteiger partial charge in [-0.05, 0) is 74.9 Å². The molecule has 7 heteroatoms. The zero-order valence-corrected chi connectivity index (χ0v) is 20.2. The smallest absolute Gasteiger partial charge is 0.341 e. The molecule has 0 fully saturated rings. The molecule has 0 spiro atoms. The molecule has 1 amide bonds. The van der Waals surface area contributed by atoms with Crippen LogP contribution in [-0.4, -0.2) is 18.0 Å². The number of benzene rings is 2. The van der Waals surface area contributed by atoms with Gasteiger partial charge in [0.15, 0.2) is 0 Å². The van der Waals surface area contributed by atoms with Crippen LogP contribution in [0.15, 0.2) is 48.5 Å². The van der Waals surface area contributed by atoms with Crippen molar-refractivity contribution >= 4 is 39.8 Å². The lowest BCUT2D eigenvalue weighted by atomic mass is 9.95. The number of anilines is 1. The number of fused-ring (bicyclic) bond motifs is 1. The van der Waals surface area contributed by atoms with E-state index in [0.717, 1.165) is 36.8 Å². The van der Waals surface area contributed by atoms with Crippen molar-refractivity contribution < 1.29 is 19.1 Å². The molecule has 0 aliphatic heterocycles. The van der Waals surface area contributed by atoms with Crippen LogP contribution in [0, 0.1) is 0 Å². The molecule has 1 aliphatic rings. The number of rotatable bonds is 7. The molecule has 0 unspecified atom stereocenters. The highest BCUT2D eigenvalue weighted by molar-refractivity contribution is 7.17. The van der Waals surface area contributed by atoms with Gasteiger partial charge >= 0.3 is 5.97 Å². The second kappa shape index (κ2) is 10.4. The van der Waals surface area contributed by atoms with E-state index in [9.17, 15) is 9.59 Å². The Balaban J connectivity index is 1.47. The summed E-state index contributed by atoms with van der Waals surface area (Å²) in [6.07, 6.45) is 3.68. The molecule has 1 heterocycles. The summed E-state index contributed by atoms with van der Waals surface area (Å²) in [5.41, 5.74) is 2.96. The van der Waals surface area contributed by atoms with Gasteiger partial charge in [0.25, 0.3) is 5.91 Å². The van der Waals surface area contributed by atoms with Gasteiger partial charge < -0.3 is 14.8 Å². The Morgan fingerprint density at radius 3 is 2.52 bits per heavy atom. The van der Waals surface area contributed by atoms with Gasteiger partial charge in [-0.2, -0.15) is 0 Å². The Morgan fingerprint density at radius 2 is 1.79 bits per heavy atom. The molecule has 0 saturated carbocycles. The monoisotopic (exact) mass is 483 g/mol. The third-order valence-corrected chi connectivity index (χ3v) is 6.91. The van der Waals surface area contributed by atoms with Crippen molar-refractivity contribution in [2.24, 2.45) is 0 Å². The third-order valence-electron chi connectivity index (χ3n) is 5.39. The summed E-state index contributed by atoms with van der Waals surface area (Å²) >= 11 is 7.61. The Kier molecular flexibility index (Phi) is 7.36. The second-order valence-corrected chi connectivity index (χ2v) is 9.75. The molecule has 1 aliphatic carbocycles. The molecule has 2 aromatic carbocycles. The van der Waals surface area contributed by atoms with E-state index >= 15 is 0 Å². The number of ether oxygens (including phenoxy) is 2. The van der Waals surface area contributed by atoms with Crippen LogP contribution in [-0.2, 0) is 24.2 Å². The fourth-order valence-electron chi connectivity index (χ4n) is 3.79. The van der Waals surface area contributed by atoms with E-state index in [2.05, 4.69) is 5.32 Å². The SMILES string of the molecule is CC(C)OC(=O)c1c(NC(=O)c2ccc(COc3ccccc3Cl)cc2)sc2c1CCCC2. The molecule has 4 rings (SSSR count). The van der Waals surface area contributed by atoms with Gasteiger partial charge in [-0.3, -0.25) is 4.79 Å². The Bertz CT molecular complexity index is 1150. The van der Waals surface area contributed by atoms with Gasteiger partial charge in [-0.15, -0.1) is 11.3 Å². The van der Waals surface area contributed by atoms with E-state index in [-0.39, 0.29) is 18.0 Å². The number of hydrogen-bond acceptors (Lipinski definition) is 5. The van der Waals surface area contributed by atoms with E-state index in [1.165, 1.54) is 16.2 Å². The largest absolute Gasteiger partial charge is 0.487 e. The van der Waals surface area contributed by atoms with Crippen molar-refractivity contribution in [1.82, 2.24) is 0 Å². The van der Waals surface area contributed by atoms with Crippen molar-refractivity contribution in [1.29, 1.82) is 0 Å². The van der Waals surface area contributed by atoms with E-state index < -0.39 is 0 Å². The lowest BCUT2D eigenvalue weighted by Gasteiger charge is -2.14. The number of esters is 1. The first-order chi connectivity index (χ1) is 15.9. The van der Waals surface area contributed by atoms with Crippen molar-refractivity contribution in [3.63, 3.8) is 0 Å². The first-order valence-electron chi connectivity index (χ1n) is 11.1. The predicted octanol–water partition coefficient (Wildman–Crippen LogP) is 6.68. The minimum Gasteiger partial charge on any atom is -0.487 e. The van der Waals surface area contributed by atoms with Crippen molar-refractivity contribution in [3.05, 3.63) is 80.7 Å². The maximum atomic E-state index is 13.0. The van der Waals surface area contributed by atoms with Gasteiger partial charge in [-0.1, -0.05) is 35.9 Å². The maximum Gasteiger partial charge on any atom is 0.341 e. The number of nitrogens with one attached hydrogen (secondary N) is 1. The molecule has 0 radical (unpaired) electrons. The summed E-state index contributed by atoms with van der Waals surface area (Å²) in [6.45, 7) is 3.99. The van der Waals surface area contributed by atoms with Crippen LogP contribution in [0.25, 0.3) is 0 Å². The van der Waals surface area contributed by atoms with E-state index in [1.54, 1.807) is 18.2 Å². The van der Waals surface area contributed by atoms with Crippen LogP contribution in [0.5, 0.6) is 5.75 Å². The van der Waals surface area contributed by atoms with Gasteiger partial charge in [0.2, 0.25) is 0 Å². The highest BCUT2D eigenvalue weighted by Gasteiger charge is 2.28. The topological polar surface area (TPSA) is 64.6 Å². The molecule has 0 bridgehead atoms. The van der Waals surface area contributed by atoms with Crippen LogP contribution in [0.4, 0.5) is 5.00 Å². The first-order valence-corrected chi connectivity index (χ1v) is 12.2. The maximum absolute atomic E-state index is 13.0. The second-order valence-electron chi connectivity index (χ2n) is 8.24. The van der Waals surface area contributed by atoms with Gasteiger partial charge in [0, 0.05) is 10.4 Å². The average molecular weight is 484 g/mol. The summed E-state index contributed by atoms with van der Waals surface area (Å²) in [5.74, 6) is -0.0130. The summed E-state index contributed by atoms with van der Waals surface area (Å²) in [5, 5.41) is 4.08. The van der Waals surface area contributed by atoms with E-state index in [1.807, 2.05) is 44.2 Å². The number of amides is 1. The van der Waals surface area contributed by atoms with E-state index in [0.29, 0.717) is 33.5 Å². The number of carbonyl (C=O) groups excluding carboxylic acids is 2. The summed E-state index contributed by atoms with van der Waals surface area (Å²) in [7, 11) is 0. The van der Waals surface area contributed by atoms with Crippen LogP contribution in [0.2, 0.25) is 5.02 Å². The molecule has 5 nitrogen and oxygen atoms in total. The number of carbonyl (C=O) groups is 2. The number of para-hydroxylation sites is 1. The molecular weight excluding hydrogens is 458 g/mol. The van der Waals surface area contributed by atoms with Crippen molar-refractivity contribution in [2.75, 3.05) is 5.32 Å². The lowest BCUT2D eigenvalue weighted by Crippen LogP contribution is -2.18. The normalized spacial score (nSPS) is 12.8. The molecule has 1 N–H and O–H groups in total. The van der Waals surface area contributed by atoms with Crippen LogP contribution < -0.4 is 10.1 Å². The molecule has 172 valence electrons. The Hall–Kier alpha value is -2.83. The zero-order chi connectivity index (χ0) is 23.4. The van der Waals surface area contributed by atoms with Crippen molar-refractivity contribution in [2.45, 2.75) is 52.2 Å². The molecular formula is C26H26ClNO4S. The summed E-state index contributed by atoms with van der Waals surface area (Å²) in [6, 6.07) is 14.5. The minimum atomic E-state index is -0.369. The van der Waals surface area contributed by atoms with Crippen LogP contribution in [0.3, 0.4) is 0 Å². The van der Waals surface area contributed by atoms with Gasteiger partial charge in [-0.25, -0.2) is 4.79 Å². The zero-order valence-electron chi connectivity index (χ0n) is 18.7. The Labute approximate surface area is 202 Å². The highest BCUT2D eigenvalue weighted by atomic mass is 35.5. The number of aryl methyl sites for hydroxylation is 1. The fourth-order valence-corrected chi connectivity index (χ4v) is 5.26. The molecule has 33 heavy (non-hydrogen) atoms. The quantitative estimate of drug-likeness (QED) is 0.381. The summed E-state index contributed by atoms with van der Waals surface area (Å²) < 4.78 is 11.2. The summed E-state index contributed by atoms with van der Waals surface area (Å²) in [4.78, 5) is 26.9. The molecule has 1 aromatic heterocycles. The fraction of sp³-hybridized carbons (Fsp3) is 0.308. The van der Waals surface area contributed by atoms with Gasteiger partial charge in [0.1, 0.15) is 17.4 Å². The first kappa shape index (κ1) is 23.3. The van der Waals surface area contributed by atoms with E-state index in [4.69, 9.17) is 21.1 Å². The molecule has 0 saturated heterocycles. The third kappa shape index (κ3) is 5.57. The molecule has 3 aromatic rings. The molecule has 0 atom stereocenters. The number of halogens is 1. The average Bonchev–Trinajstić information content (AvgIpc) is 3.16. The number of hydrogen-bond donors (Lipinski definition) is 1. The minimum absolute atomic E-state index is 0.222. The number of thiophene rings is 1. The van der Waals surface area contributed by atoms with Gasteiger partial charge in [0.05, 0.1) is 16.7 Å². The Morgan fingerprint density at radius 1 is 1.06 bits per heavy atom. The predicted molar refractivity (Wildman–Crippen MR) is 132 cm³/mol. The standard InChI is InChI=1S/C26H26ClNO4S/c1-16(2)32-26(30)23-19-7-3-6-10-22(19)33-25(23)28-24(29)18-13-11-17(12-14-18)15-31-21-9-5-4-8-20(21)27/h4-5,8-9,11-14,16H,3,6-7,10,15H2,1-2H3,(H,28,29).